The van der Waals surface area contributed by atoms with Crippen molar-refractivity contribution in [2.75, 3.05) is 0 Å². The number of aromatic nitrogens is 1. The molecule has 92 valence electrons. The lowest BCUT2D eigenvalue weighted by molar-refractivity contribution is -0.136. The molecule has 0 aromatic carbocycles. The van der Waals surface area contributed by atoms with E-state index in [1.807, 2.05) is 0 Å². The summed E-state index contributed by atoms with van der Waals surface area (Å²) in [5, 5.41) is 17.4. The molecule has 17 heavy (non-hydrogen) atoms. The highest BCUT2D eigenvalue weighted by Crippen LogP contribution is 2.27. The first-order valence-electron chi connectivity index (χ1n) is 4.94. The van der Waals surface area contributed by atoms with E-state index in [9.17, 15) is 9.59 Å². The molecule has 0 fully saturated rings. The third-order valence-corrected chi connectivity index (χ3v) is 3.24. The summed E-state index contributed by atoms with van der Waals surface area (Å²) in [6.07, 6.45) is 0. The van der Waals surface area contributed by atoms with Crippen LogP contribution in [0.25, 0.3) is 0 Å². The summed E-state index contributed by atoms with van der Waals surface area (Å²) in [6.45, 7) is 4.92. The quantitative estimate of drug-likeness (QED) is 0.800. The number of carbonyl (C=O) groups is 2. The Morgan fingerprint density at radius 2 is 1.94 bits per heavy atom. The zero-order valence-corrected chi connectivity index (χ0v) is 10.5. The highest BCUT2D eigenvalue weighted by atomic mass is 32.2. The zero-order chi connectivity index (χ0) is 13.2. The summed E-state index contributed by atoms with van der Waals surface area (Å²) in [7, 11) is 0. The molecule has 0 saturated heterocycles. The van der Waals surface area contributed by atoms with Crippen molar-refractivity contribution in [2.45, 2.75) is 31.0 Å². The lowest BCUT2D eigenvalue weighted by atomic mass is 10.1. The molecule has 0 aliphatic carbocycles. The number of pyridine rings is 1. The van der Waals surface area contributed by atoms with Gasteiger partial charge in [0, 0.05) is 5.69 Å². The van der Waals surface area contributed by atoms with Crippen LogP contribution in [-0.4, -0.2) is 32.4 Å². The van der Waals surface area contributed by atoms with Crippen LogP contribution in [0.1, 0.15) is 28.5 Å². The van der Waals surface area contributed by atoms with Gasteiger partial charge in [-0.3, -0.25) is 4.79 Å². The first-order chi connectivity index (χ1) is 7.82. The largest absolute Gasteiger partial charge is 0.480 e. The van der Waals surface area contributed by atoms with Gasteiger partial charge in [-0.05, 0) is 32.4 Å². The summed E-state index contributed by atoms with van der Waals surface area (Å²) in [4.78, 5) is 26.0. The number of carboxylic acid groups (broad SMARTS) is 2. The molecule has 1 heterocycles. The summed E-state index contributed by atoms with van der Waals surface area (Å²) >= 11 is 0.943. The normalized spacial score (nSPS) is 12.2. The van der Waals surface area contributed by atoms with Gasteiger partial charge in [-0.25, -0.2) is 9.78 Å². The second kappa shape index (κ2) is 5.18. The predicted molar refractivity (Wildman–Crippen MR) is 63.6 cm³/mol. The number of aryl methyl sites for hydroxylation is 2. The van der Waals surface area contributed by atoms with Gasteiger partial charge >= 0.3 is 11.9 Å². The van der Waals surface area contributed by atoms with E-state index in [-0.39, 0.29) is 10.6 Å². The third-order valence-electron chi connectivity index (χ3n) is 2.16. The van der Waals surface area contributed by atoms with Crippen LogP contribution in [0.5, 0.6) is 0 Å². The average molecular weight is 255 g/mol. The Kier molecular flexibility index (Phi) is 4.11. The van der Waals surface area contributed by atoms with E-state index in [1.165, 1.54) is 6.92 Å². The van der Waals surface area contributed by atoms with Crippen LogP contribution in [-0.2, 0) is 4.79 Å². The van der Waals surface area contributed by atoms with Gasteiger partial charge in [-0.1, -0.05) is 11.8 Å². The number of aromatic carboxylic acids is 1. The van der Waals surface area contributed by atoms with Gasteiger partial charge in [0.1, 0.15) is 10.3 Å². The van der Waals surface area contributed by atoms with E-state index in [1.54, 1.807) is 19.9 Å². The Balaban J connectivity index is 3.21. The molecule has 1 unspecified atom stereocenters. The second-order valence-electron chi connectivity index (χ2n) is 3.66. The molecule has 0 bridgehead atoms. The van der Waals surface area contributed by atoms with Crippen LogP contribution >= 0.6 is 11.8 Å². The Morgan fingerprint density at radius 1 is 1.35 bits per heavy atom. The molecule has 0 amide bonds. The van der Waals surface area contributed by atoms with Crippen LogP contribution < -0.4 is 0 Å². The van der Waals surface area contributed by atoms with Crippen molar-refractivity contribution >= 4 is 23.7 Å². The second-order valence-corrected chi connectivity index (χ2v) is 4.99. The third kappa shape index (κ3) is 3.20. The van der Waals surface area contributed by atoms with Crippen molar-refractivity contribution in [3.8, 4) is 0 Å². The van der Waals surface area contributed by atoms with Crippen molar-refractivity contribution in [3.05, 3.63) is 22.9 Å². The van der Waals surface area contributed by atoms with E-state index in [4.69, 9.17) is 10.2 Å². The number of aliphatic carboxylic acids is 1. The Bertz CT molecular complexity index is 473. The van der Waals surface area contributed by atoms with Crippen molar-refractivity contribution in [1.82, 2.24) is 4.98 Å². The average Bonchev–Trinajstić information content (AvgIpc) is 2.14. The SMILES string of the molecule is Cc1cc(C)c(C(=O)O)c(SC(C)C(=O)O)n1. The fourth-order valence-electron chi connectivity index (χ4n) is 1.37. The maximum Gasteiger partial charge on any atom is 0.338 e. The number of carboxylic acids is 2. The number of hydrogen-bond acceptors (Lipinski definition) is 4. The highest BCUT2D eigenvalue weighted by Gasteiger charge is 2.21. The molecule has 0 radical (unpaired) electrons. The number of rotatable bonds is 4. The Hall–Kier alpha value is -1.56. The summed E-state index contributed by atoms with van der Waals surface area (Å²) in [5.74, 6) is -2.08. The van der Waals surface area contributed by atoms with Crippen LogP contribution in [0.4, 0.5) is 0 Å². The molecule has 1 rings (SSSR count). The van der Waals surface area contributed by atoms with Gasteiger partial charge < -0.3 is 10.2 Å². The van der Waals surface area contributed by atoms with Gasteiger partial charge in [0.2, 0.25) is 0 Å². The minimum Gasteiger partial charge on any atom is -0.480 e. The fourth-order valence-corrected chi connectivity index (χ4v) is 2.36. The molecule has 5 nitrogen and oxygen atoms in total. The lowest BCUT2D eigenvalue weighted by Crippen LogP contribution is -2.14. The predicted octanol–water partition coefficient (Wildman–Crippen LogP) is 1.96. The fraction of sp³-hybridized carbons (Fsp3) is 0.364. The monoisotopic (exact) mass is 255 g/mol. The van der Waals surface area contributed by atoms with Gasteiger partial charge in [-0.15, -0.1) is 0 Å². The first-order valence-corrected chi connectivity index (χ1v) is 5.82. The molecule has 1 atom stereocenters. The smallest absolute Gasteiger partial charge is 0.338 e. The molecule has 2 N–H and O–H groups in total. The van der Waals surface area contributed by atoms with Crippen molar-refractivity contribution in [3.63, 3.8) is 0 Å². The van der Waals surface area contributed by atoms with E-state index in [2.05, 4.69) is 4.98 Å². The zero-order valence-electron chi connectivity index (χ0n) is 9.72. The van der Waals surface area contributed by atoms with Crippen LogP contribution in [0.3, 0.4) is 0 Å². The summed E-state index contributed by atoms with van der Waals surface area (Å²) in [5.41, 5.74) is 1.34. The minimum absolute atomic E-state index is 0.0775. The summed E-state index contributed by atoms with van der Waals surface area (Å²) < 4.78 is 0. The van der Waals surface area contributed by atoms with Crippen molar-refractivity contribution in [1.29, 1.82) is 0 Å². The molecule has 0 aliphatic heterocycles. The van der Waals surface area contributed by atoms with E-state index >= 15 is 0 Å². The first kappa shape index (κ1) is 13.5. The molecular weight excluding hydrogens is 242 g/mol. The Labute approximate surface area is 103 Å². The summed E-state index contributed by atoms with van der Waals surface area (Å²) in [6, 6.07) is 1.67. The molecule has 0 spiro atoms. The number of nitrogens with zero attached hydrogens (tertiary/aromatic N) is 1. The number of hydrogen-bond donors (Lipinski definition) is 2. The molecule has 1 aromatic rings. The van der Waals surface area contributed by atoms with Crippen LogP contribution in [0, 0.1) is 13.8 Å². The number of thioether (sulfide) groups is 1. The van der Waals surface area contributed by atoms with E-state index in [0.29, 0.717) is 11.3 Å². The maximum atomic E-state index is 11.1. The molecule has 0 aliphatic rings. The molecule has 6 heteroatoms. The Morgan fingerprint density at radius 3 is 2.41 bits per heavy atom. The topological polar surface area (TPSA) is 87.5 Å². The van der Waals surface area contributed by atoms with Crippen molar-refractivity contribution < 1.29 is 19.8 Å². The van der Waals surface area contributed by atoms with Crippen molar-refractivity contribution in [2.24, 2.45) is 0 Å². The van der Waals surface area contributed by atoms with Gasteiger partial charge in [-0.2, -0.15) is 0 Å². The van der Waals surface area contributed by atoms with Gasteiger partial charge in [0.25, 0.3) is 0 Å². The highest BCUT2D eigenvalue weighted by molar-refractivity contribution is 8.00. The molecule has 1 aromatic heterocycles. The van der Waals surface area contributed by atoms with E-state index in [0.717, 1.165) is 11.8 Å². The minimum atomic E-state index is -1.09. The van der Waals surface area contributed by atoms with Gasteiger partial charge in [0.05, 0.1) is 5.56 Å². The van der Waals surface area contributed by atoms with Crippen LogP contribution in [0.15, 0.2) is 11.1 Å². The van der Waals surface area contributed by atoms with Gasteiger partial charge in [0.15, 0.2) is 0 Å². The standard InChI is InChI=1S/C11H13NO4S/c1-5-4-6(2)12-9(8(5)11(15)16)17-7(3)10(13)14/h4,7H,1-3H3,(H,13,14)(H,15,16). The lowest BCUT2D eigenvalue weighted by Gasteiger charge is -2.11. The van der Waals surface area contributed by atoms with E-state index < -0.39 is 17.2 Å². The molecule has 0 saturated carbocycles. The maximum absolute atomic E-state index is 11.1. The van der Waals surface area contributed by atoms with Crippen LogP contribution in [0.2, 0.25) is 0 Å². The molecular formula is C11H13NO4S.